The number of thioether (sulfide) groups is 1. The quantitative estimate of drug-likeness (QED) is 0.559. The number of amides is 1. The van der Waals surface area contributed by atoms with Gasteiger partial charge in [-0.2, -0.15) is 11.8 Å². The molecular weight excluding hydrogens is 306 g/mol. The first-order valence-corrected chi connectivity index (χ1v) is 7.95. The number of hydrogen-bond acceptors (Lipinski definition) is 5. The molecule has 0 aromatic heterocycles. The molecule has 0 fully saturated rings. The highest BCUT2D eigenvalue weighted by atomic mass is 32.2. The van der Waals surface area contributed by atoms with E-state index < -0.39 is 23.9 Å². The van der Waals surface area contributed by atoms with E-state index in [0.29, 0.717) is 12.2 Å². The third kappa shape index (κ3) is 5.07. The molecule has 0 aliphatic heterocycles. The molecule has 1 aromatic carbocycles. The third-order valence-corrected chi connectivity index (χ3v) is 3.87. The second-order valence-corrected chi connectivity index (χ2v) is 5.78. The molecule has 0 saturated carbocycles. The van der Waals surface area contributed by atoms with Gasteiger partial charge in [0, 0.05) is 0 Å². The summed E-state index contributed by atoms with van der Waals surface area (Å²) in [5, 5.41) is 11.6. The van der Waals surface area contributed by atoms with Crippen molar-refractivity contribution >= 4 is 29.6 Å². The number of carbonyl (C=O) groups is 3. The molecule has 0 heterocycles. The maximum absolute atomic E-state index is 12.2. The highest BCUT2D eigenvalue weighted by Crippen LogP contribution is 2.11. The molecule has 1 amide bonds. The molecule has 0 aliphatic rings. The van der Waals surface area contributed by atoms with Crippen molar-refractivity contribution in [3.63, 3.8) is 0 Å². The topological polar surface area (TPSA) is 92.7 Å². The van der Waals surface area contributed by atoms with Gasteiger partial charge in [-0.15, -0.1) is 0 Å². The third-order valence-electron chi connectivity index (χ3n) is 2.94. The number of carboxylic acid groups (broad SMARTS) is 1. The number of carboxylic acids is 1. The van der Waals surface area contributed by atoms with Crippen molar-refractivity contribution in [2.75, 3.05) is 18.6 Å². The normalized spacial score (nSPS) is 11.5. The fourth-order valence-corrected chi connectivity index (χ4v) is 2.50. The minimum atomic E-state index is -1.10. The highest BCUT2D eigenvalue weighted by Gasteiger charge is 2.23. The molecule has 120 valence electrons. The average molecular weight is 325 g/mol. The maximum atomic E-state index is 12.2. The van der Waals surface area contributed by atoms with Crippen LogP contribution in [0.4, 0.5) is 0 Å². The van der Waals surface area contributed by atoms with Crippen molar-refractivity contribution in [2.45, 2.75) is 19.4 Å². The number of esters is 1. The summed E-state index contributed by atoms with van der Waals surface area (Å²) in [5.41, 5.74) is 0.207. The molecule has 2 N–H and O–H groups in total. The van der Waals surface area contributed by atoms with Crippen molar-refractivity contribution in [2.24, 2.45) is 0 Å². The summed E-state index contributed by atoms with van der Waals surface area (Å²) in [6, 6.07) is 5.14. The Morgan fingerprint density at radius 1 is 1.27 bits per heavy atom. The number of methoxy groups -OCH3 is 1. The van der Waals surface area contributed by atoms with Gasteiger partial charge in [-0.05, 0) is 30.1 Å². The summed E-state index contributed by atoms with van der Waals surface area (Å²) in [6.45, 7) is 1.98. The van der Waals surface area contributed by atoms with Crippen LogP contribution in [0.2, 0.25) is 0 Å². The first-order valence-electron chi connectivity index (χ1n) is 6.80. The predicted molar refractivity (Wildman–Crippen MR) is 84.3 cm³/mol. The van der Waals surface area contributed by atoms with E-state index in [1.165, 1.54) is 19.2 Å². The number of ether oxygens (including phenoxy) is 1. The second kappa shape index (κ2) is 9.09. The van der Waals surface area contributed by atoms with Crippen LogP contribution in [-0.2, 0) is 9.53 Å². The molecule has 0 spiro atoms. The minimum absolute atomic E-state index is 0.101. The fourth-order valence-electron chi connectivity index (χ4n) is 1.81. The lowest BCUT2D eigenvalue weighted by molar-refractivity contribution is -0.139. The van der Waals surface area contributed by atoms with Crippen molar-refractivity contribution in [3.05, 3.63) is 35.4 Å². The summed E-state index contributed by atoms with van der Waals surface area (Å²) >= 11 is 1.60. The molecule has 1 atom stereocenters. The average Bonchev–Trinajstić information content (AvgIpc) is 2.53. The Morgan fingerprint density at radius 2 is 1.91 bits per heavy atom. The molecule has 0 radical (unpaired) electrons. The molecule has 1 unspecified atom stereocenters. The van der Waals surface area contributed by atoms with Gasteiger partial charge in [-0.1, -0.05) is 19.1 Å². The van der Waals surface area contributed by atoms with Crippen molar-refractivity contribution in [1.82, 2.24) is 5.32 Å². The van der Waals surface area contributed by atoms with Crippen LogP contribution in [0.25, 0.3) is 0 Å². The lowest BCUT2D eigenvalue weighted by Crippen LogP contribution is -2.41. The minimum Gasteiger partial charge on any atom is -0.480 e. The Kier molecular flexibility index (Phi) is 7.45. The molecule has 0 aliphatic carbocycles. The summed E-state index contributed by atoms with van der Waals surface area (Å²) < 4.78 is 4.62. The van der Waals surface area contributed by atoms with Gasteiger partial charge in [-0.25, -0.2) is 9.59 Å². The van der Waals surface area contributed by atoms with E-state index in [1.54, 1.807) is 23.9 Å². The van der Waals surface area contributed by atoms with Crippen molar-refractivity contribution in [1.29, 1.82) is 0 Å². The van der Waals surface area contributed by atoms with Crippen molar-refractivity contribution in [3.8, 4) is 0 Å². The van der Waals surface area contributed by atoms with Gasteiger partial charge < -0.3 is 15.2 Å². The Labute approximate surface area is 133 Å². The molecule has 0 saturated heterocycles. The largest absolute Gasteiger partial charge is 0.480 e. The smallest absolute Gasteiger partial charge is 0.338 e. The number of rotatable bonds is 8. The predicted octanol–water partition coefficient (Wildman–Crippen LogP) is 1.80. The van der Waals surface area contributed by atoms with Crippen LogP contribution in [-0.4, -0.2) is 47.6 Å². The van der Waals surface area contributed by atoms with Crippen LogP contribution in [0.3, 0.4) is 0 Å². The lowest BCUT2D eigenvalue weighted by Gasteiger charge is -2.15. The Bertz CT molecular complexity index is 546. The standard InChI is InChI=1S/C15H19NO5S/c1-3-22-9-8-12(14(18)19)16-13(17)10-6-4-5-7-11(10)15(20)21-2/h4-7,12H,3,8-9H2,1-2H3,(H,16,17)(H,18,19). The number of nitrogens with one attached hydrogen (secondary N) is 1. The van der Waals surface area contributed by atoms with E-state index in [-0.39, 0.29) is 11.1 Å². The van der Waals surface area contributed by atoms with Gasteiger partial charge >= 0.3 is 11.9 Å². The monoisotopic (exact) mass is 325 g/mol. The van der Waals surface area contributed by atoms with Crippen LogP contribution in [0.5, 0.6) is 0 Å². The second-order valence-electron chi connectivity index (χ2n) is 4.39. The van der Waals surface area contributed by atoms with Gasteiger partial charge in [0.1, 0.15) is 6.04 Å². The Balaban J connectivity index is 2.86. The molecule has 0 bridgehead atoms. The molecule has 1 aromatic rings. The van der Waals surface area contributed by atoms with E-state index in [1.807, 2.05) is 6.92 Å². The van der Waals surface area contributed by atoms with Crippen LogP contribution in [0.1, 0.15) is 34.1 Å². The van der Waals surface area contributed by atoms with Crippen LogP contribution in [0, 0.1) is 0 Å². The molecule has 6 nitrogen and oxygen atoms in total. The summed E-state index contributed by atoms with van der Waals surface area (Å²) in [6.07, 6.45) is 0.319. The lowest BCUT2D eigenvalue weighted by atomic mass is 10.1. The number of hydrogen-bond donors (Lipinski definition) is 2. The zero-order valence-corrected chi connectivity index (χ0v) is 13.3. The van der Waals surface area contributed by atoms with Crippen LogP contribution in [0.15, 0.2) is 24.3 Å². The Morgan fingerprint density at radius 3 is 2.45 bits per heavy atom. The highest BCUT2D eigenvalue weighted by molar-refractivity contribution is 7.99. The van der Waals surface area contributed by atoms with Gasteiger partial charge in [0.25, 0.3) is 5.91 Å². The van der Waals surface area contributed by atoms with Gasteiger partial charge in [0.05, 0.1) is 18.2 Å². The molecule has 1 rings (SSSR count). The van der Waals surface area contributed by atoms with E-state index in [0.717, 1.165) is 5.75 Å². The van der Waals surface area contributed by atoms with Gasteiger partial charge in [-0.3, -0.25) is 4.79 Å². The first-order chi connectivity index (χ1) is 10.5. The molecule has 22 heavy (non-hydrogen) atoms. The number of benzene rings is 1. The zero-order chi connectivity index (χ0) is 16.5. The van der Waals surface area contributed by atoms with E-state index in [4.69, 9.17) is 0 Å². The van der Waals surface area contributed by atoms with Crippen LogP contribution < -0.4 is 5.32 Å². The van der Waals surface area contributed by atoms with Gasteiger partial charge in [0.2, 0.25) is 0 Å². The SMILES string of the molecule is CCSCCC(NC(=O)c1ccccc1C(=O)OC)C(=O)O. The maximum Gasteiger partial charge on any atom is 0.338 e. The Hall–Kier alpha value is -2.02. The molecule has 7 heteroatoms. The fraction of sp³-hybridized carbons (Fsp3) is 0.400. The zero-order valence-electron chi connectivity index (χ0n) is 12.5. The van der Waals surface area contributed by atoms with E-state index in [2.05, 4.69) is 10.1 Å². The summed E-state index contributed by atoms with van der Waals surface area (Å²) in [5.74, 6) is -0.827. The molecular formula is C15H19NO5S. The first kappa shape index (κ1) is 18.0. The number of aliphatic carboxylic acids is 1. The van der Waals surface area contributed by atoms with Gasteiger partial charge in [0.15, 0.2) is 0 Å². The van der Waals surface area contributed by atoms with Crippen molar-refractivity contribution < 1.29 is 24.2 Å². The summed E-state index contributed by atoms with van der Waals surface area (Å²) in [7, 11) is 1.22. The number of carbonyl (C=O) groups excluding carboxylic acids is 2. The van der Waals surface area contributed by atoms with E-state index >= 15 is 0 Å². The summed E-state index contributed by atoms with van der Waals surface area (Å²) in [4.78, 5) is 35.1. The van der Waals surface area contributed by atoms with E-state index in [9.17, 15) is 19.5 Å². The van der Waals surface area contributed by atoms with Crippen LogP contribution >= 0.6 is 11.8 Å².